The van der Waals surface area contributed by atoms with Crippen LogP contribution in [0.1, 0.15) is 26.7 Å². The van der Waals surface area contributed by atoms with Crippen molar-refractivity contribution in [3.05, 3.63) is 24.3 Å². The van der Waals surface area contributed by atoms with E-state index in [4.69, 9.17) is 4.74 Å². The topological polar surface area (TPSA) is 83.9 Å². The normalized spacial score (nSPS) is 18.8. The third kappa shape index (κ3) is 2.95. The zero-order chi connectivity index (χ0) is 17.3. The molecular weight excluding hydrogens is 318 g/mol. The summed E-state index contributed by atoms with van der Waals surface area (Å²) in [6, 6.07) is 6.44. The van der Waals surface area contributed by atoms with E-state index in [0.717, 1.165) is 0 Å². The van der Waals surface area contributed by atoms with Gasteiger partial charge in [0.25, 0.3) is 0 Å². The number of rotatable bonds is 5. The second kappa shape index (κ2) is 6.49. The number of aliphatic carboxylic acids is 1. The van der Waals surface area contributed by atoms with E-state index in [9.17, 15) is 18.3 Å². The summed E-state index contributed by atoms with van der Waals surface area (Å²) in [6.07, 6.45) is 0.141. The van der Waals surface area contributed by atoms with Gasteiger partial charge in [-0.15, -0.1) is 0 Å². The van der Waals surface area contributed by atoms with Gasteiger partial charge in [-0.2, -0.15) is 0 Å². The highest BCUT2D eigenvalue weighted by Gasteiger charge is 2.54. The molecular formula is C16H23NO5S. The molecule has 1 aliphatic heterocycles. The first-order valence-electron chi connectivity index (χ1n) is 7.61. The zero-order valence-corrected chi connectivity index (χ0v) is 14.5. The first-order valence-corrected chi connectivity index (χ1v) is 9.09. The predicted octanol–water partition coefficient (Wildman–Crippen LogP) is 1.80. The van der Waals surface area contributed by atoms with Crippen molar-refractivity contribution in [2.45, 2.75) is 42.4 Å². The van der Waals surface area contributed by atoms with E-state index < -0.39 is 20.6 Å². The number of nitrogens with zero attached hydrogens (tertiary/aromatic N) is 1. The van der Waals surface area contributed by atoms with Gasteiger partial charge in [0, 0.05) is 19.1 Å². The van der Waals surface area contributed by atoms with Crippen LogP contribution in [0, 0.1) is 0 Å². The van der Waals surface area contributed by atoms with Crippen LogP contribution < -0.4 is 4.74 Å². The summed E-state index contributed by atoms with van der Waals surface area (Å²) in [4.78, 5) is 14.0. The molecule has 0 amide bonds. The molecule has 2 rings (SSSR count). The third-order valence-corrected chi connectivity index (χ3v) is 7.13. The van der Waals surface area contributed by atoms with E-state index in [1.54, 1.807) is 12.1 Å². The Kier molecular flexibility index (Phi) is 5.01. The molecule has 1 aromatic carbocycles. The van der Waals surface area contributed by atoms with Crippen molar-refractivity contribution in [2.24, 2.45) is 0 Å². The van der Waals surface area contributed by atoms with E-state index in [-0.39, 0.29) is 29.5 Å². The Labute approximate surface area is 137 Å². The Morgan fingerprint density at radius 1 is 1.26 bits per heavy atom. The summed E-state index contributed by atoms with van der Waals surface area (Å²) in [5.74, 6) is -1.11. The van der Waals surface area contributed by atoms with Gasteiger partial charge >= 0.3 is 5.97 Å². The molecule has 1 aromatic rings. The zero-order valence-electron chi connectivity index (χ0n) is 13.7. The Morgan fingerprint density at radius 2 is 1.83 bits per heavy atom. The summed E-state index contributed by atoms with van der Waals surface area (Å²) in [5.41, 5.74) is 0. The molecule has 6 nitrogen and oxygen atoms in total. The lowest BCUT2D eigenvalue weighted by molar-refractivity contribution is -0.141. The van der Waals surface area contributed by atoms with Crippen molar-refractivity contribution >= 4 is 15.8 Å². The standard InChI is InChI=1S/C16H23NO5S/c1-12(2)17-10-8-16(9-11-17,15(18)19)23(20,21)14-7-5-4-6-13(14)22-3/h4-7,12H,8-11H2,1-3H3,(H,18,19). The van der Waals surface area contributed by atoms with Gasteiger partial charge < -0.3 is 14.7 Å². The molecule has 0 atom stereocenters. The number of carboxylic acid groups (broad SMARTS) is 1. The number of sulfone groups is 1. The highest BCUT2D eigenvalue weighted by molar-refractivity contribution is 7.93. The SMILES string of the molecule is COc1ccccc1S(=O)(=O)C1(C(=O)O)CCN(C(C)C)CC1. The first-order chi connectivity index (χ1) is 10.8. The van der Waals surface area contributed by atoms with Crippen LogP contribution in [0.3, 0.4) is 0 Å². The van der Waals surface area contributed by atoms with Gasteiger partial charge in [-0.25, -0.2) is 8.42 Å². The molecule has 0 radical (unpaired) electrons. The highest BCUT2D eigenvalue weighted by atomic mass is 32.2. The van der Waals surface area contributed by atoms with Gasteiger partial charge in [0.1, 0.15) is 10.6 Å². The summed E-state index contributed by atoms with van der Waals surface area (Å²) in [5, 5.41) is 9.74. The van der Waals surface area contributed by atoms with Crippen molar-refractivity contribution in [1.82, 2.24) is 4.90 Å². The van der Waals surface area contributed by atoms with E-state index in [0.29, 0.717) is 13.1 Å². The third-order valence-electron chi connectivity index (χ3n) is 4.60. The number of benzene rings is 1. The predicted molar refractivity (Wildman–Crippen MR) is 86.5 cm³/mol. The average Bonchev–Trinajstić information content (AvgIpc) is 2.54. The number of ether oxygens (including phenoxy) is 1. The van der Waals surface area contributed by atoms with E-state index >= 15 is 0 Å². The largest absolute Gasteiger partial charge is 0.495 e. The van der Waals surface area contributed by atoms with Gasteiger partial charge in [0.05, 0.1) is 7.11 Å². The molecule has 1 saturated heterocycles. The van der Waals surface area contributed by atoms with E-state index in [2.05, 4.69) is 4.90 Å². The monoisotopic (exact) mass is 341 g/mol. The number of para-hydroxylation sites is 1. The Balaban J connectivity index is 2.48. The molecule has 128 valence electrons. The van der Waals surface area contributed by atoms with Crippen LogP contribution in [0.5, 0.6) is 5.75 Å². The molecule has 0 unspecified atom stereocenters. The average molecular weight is 341 g/mol. The fraction of sp³-hybridized carbons (Fsp3) is 0.562. The molecule has 1 N–H and O–H groups in total. The molecule has 1 heterocycles. The number of hydrogen-bond acceptors (Lipinski definition) is 5. The van der Waals surface area contributed by atoms with Crippen LogP contribution in [-0.4, -0.2) is 55.4 Å². The second-order valence-electron chi connectivity index (χ2n) is 6.08. The van der Waals surface area contributed by atoms with Crippen molar-refractivity contribution in [1.29, 1.82) is 0 Å². The molecule has 1 fully saturated rings. The first kappa shape index (κ1) is 17.7. The molecule has 7 heteroatoms. The molecule has 0 aromatic heterocycles. The quantitative estimate of drug-likeness (QED) is 0.879. The Bertz CT molecular complexity index is 675. The lowest BCUT2D eigenvalue weighted by Gasteiger charge is -2.40. The molecule has 23 heavy (non-hydrogen) atoms. The number of piperidine rings is 1. The van der Waals surface area contributed by atoms with Gasteiger partial charge in [-0.3, -0.25) is 4.79 Å². The number of hydrogen-bond donors (Lipinski definition) is 1. The minimum absolute atomic E-state index is 0.0529. The number of methoxy groups -OCH3 is 1. The summed E-state index contributed by atoms with van der Waals surface area (Å²) in [7, 11) is -2.69. The Hall–Kier alpha value is -1.60. The van der Waals surface area contributed by atoms with Crippen LogP contribution in [-0.2, 0) is 14.6 Å². The number of carbonyl (C=O) groups is 1. The van der Waals surface area contributed by atoms with Gasteiger partial charge in [-0.05, 0) is 38.8 Å². The lowest BCUT2D eigenvalue weighted by atomic mass is 9.95. The van der Waals surface area contributed by atoms with Crippen LogP contribution in [0.25, 0.3) is 0 Å². The van der Waals surface area contributed by atoms with Gasteiger partial charge in [0.2, 0.25) is 0 Å². The summed E-state index contributed by atoms with van der Waals surface area (Å²) >= 11 is 0. The highest BCUT2D eigenvalue weighted by Crippen LogP contribution is 2.39. The van der Waals surface area contributed by atoms with Crippen molar-refractivity contribution in [2.75, 3.05) is 20.2 Å². The van der Waals surface area contributed by atoms with Crippen molar-refractivity contribution in [3.63, 3.8) is 0 Å². The molecule has 0 aliphatic carbocycles. The van der Waals surface area contributed by atoms with Crippen LogP contribution >= 0.6 is 0 Å². The van der Waals surface area contributed by atoms with Gasteiger partial charge in [0.15, 0.2) is 14.6 Å². The maximum atomic E-state index is 13.1. The smallest absolute Gasteiger partial charge is 0.325 e. The van der Waals surface area contributed by atoms with Crippen LogP contribution in [0.15, 0.2) is 29.2 Å². The van der Waals surface area contributed by atoms with Crippen LogP contribution in [0.2, 0.25) is 0 Å². The second-order valence-corrected chi connectivity index (χ2v) is 8.31. The molecule has 0 saturated carbocycles. The summed E-state index contributed by atoms with van der Waals surface area (Å²) < 4.78 is 29.6. The molecule has 1 aliphatic rings. The fourth-order valence-electron chi connectivity index (χ4n) is 3.05. The Morgan fingerprint density at radius 3 is 2.30 bits per heavy atom. The maximum Gasteiger partial charge on any atom is 0.325 e. The number of likely N-dealkylation sites (tertiary alicyclic amines) is 1. The maximum absolute atomic E-state index is 13.1. The minimum Gasteiger partial charge on any atom is -0.495 e. The molecule has 0 spiro atoms. The molecule has 0 bridgehead atoms. The van der Waals surface area contributed by atoms with Crippen molar-refractivity contribution < 1.29 is 23.1 Å². The minimum atomic E-state index is -4.07. The van der Waals surface area contributed by atoms with E-state index in [1.165, 1.54) is 19.2 Å². The van der Waals surface area contributed by atoms with E-state index in [1.807, 2.05) is 13.8 Å². The van der Waals surface area contributed by atoms with Crippen LogP contribution in [0.4, 0.5) is 0 Å². The summed E-state index contributed by atoms with van der Waals surface area (Å²) in [6.45, 7) is 4.92. The number of carboxylic acids is 1. The van der Waals surface area contributed by atoms with Crippen molar-refractivity contribution in [3.8, 4) is 5.75 Å². The lowest BCUT2D eigenvalue weighted by Crippen LogP contribution is -2.55. The fourth-order valence-corrected chi connectivity index (χ4v) is 5.10. The van der Waals surface area contributed by atoms with Gasteiger partial charge in [-0.1, -0.05) is 12.1 Å².